The molecular weight excluding hydrogens is 376 g/mol. The van der Waals surface area contributed by atoms with Crippen molar-refractivity contribution in [2.75, 3.05) is 6.54 Å². The third-order valence-corrected chi connectivity index (χ3v) is 6.28. The molecule has 1 aliphatic heterocycles. The molecule has 3 rings (SSSR count). The van der Waals surface area contributed by atoms with Gasteiger partial charge in [-0.25, -0.2) is 0 Å². The first-order valence-electron chi connectivity index (χ1n) is 8.96. The largest absolute Gasteiger partial charge is 0.480 e. The number of nitrogens with two attached hydrogens (primary N) is 1. The summed E-state index contributed by atoms with van der Waals surface area (Å²) < 4.78 is 13.0. The topological polar surface area (TPSA) is 101 Å². The van der Waals surface area contributed by atoms with Crippen LogP contribution in [0, 0.1) is 0 Å². The normalized spacial score (nSPS) is 22.0. The molecule has 2 atom stereocenters. The standard InChI is InChI=1S/C21H22N2O4S/c22-21(18-12-5-2-6-13-18)23(14-19(24)25)20(26)17(15-28(21)27)11-7-10-16-8-3-1-4-9-16/h1-6,8-9,12-13,15H,7,10-11,14,22H2,(H,24,25). The van der Waals surface area contributed by atoms with E-state index in [9.17, 15) is 18.9 Å². The second-order valence-electron chi connectivity index (χ2n) is 6.63. The third-order valence-electron chi connectivity index (χ3n) is 4.71. The summed E-state index contributed by atoms with van der Waals surface area (Å²) in [7, 11) is -1.78. The van der Waals surface area contributed by atoms with E-state index in [1.165, 1.54) is 5.41 Å². The SMILES string of the molecule is NC1(c2ccccc2)N(CC(=O)O)C(=O)C(CCCc2ccccc2)=CS1=O. The molecule has 7 heteroatoms. The Hall–Kier alpha value is -2.77. The van der Waals surface area contributed by atoms with Crippen molar-refractivity contribution in [2.45, 2.75) is 24.3 Å². The molecule has 28 heavy (non-hydrogen) atoms. The van der Waals surface area contributed by atoms with Gasteiger partial charge in [-0.1, -0.05) is 60.7 Å². The molecule has 0 saturated carbocycles. The fraction of sp³-hybridized carbons (Fsp3) is 0.238. The van der Waals surface area contributed by atoms with Gasteiger partial charge >= 0.3 is 5.97 Å². The molecule has 146 valence electrons. The molecule has 2 aromatic carbocycles. The Balaban J connectivity index is 1.86. The number of aryl methyl sites for hydroxylation is 1. The maximum Gasteiger partial charge on any atom is 0.323 e. The van der Waals surface area contributed by atoms with Crippen molar-refractivity contribution in [3.63, 3.8) is 0 Å². The van der Waals surface area contributed by atoms with Gasteiger partial charge in [0.2, 0.25) is 0 Å². The molecule has 3 N–H and O–H groups in total. The molecule has 1 aliphatic rings. The summed E-state index contributed by atoms with van der Waals surface area (Å²) in [5.74, 6) is -1.69. The lowest BCUT2D eigenvalue weighted by Crippen LogP contribution is -2.61. The highest BCUT2D eigenvalue weighted by Gasteiger charge is 2.47. The van der Waals surface area contributed by atoms with Crippen LogP contribution in [0.3, 0.4) is 0 Å². The molecule has 0 aromatic heterocycles. The van der Waals surface area contributed by atoms with Gasteiger partial charge in [-0.2, -0.15) is 0 Å². The lowest BCUT2D eigenvalue weighted by Gasteiger charge is -2.42. The second kappa shape index (κ2) is 8.50. The molecule has 1 amide bonds. The molecule has 2 aromatic rings. The Morgan fingerprint density at radius 1 is 1.04 bits per heavy atom. The van der Waals surface area contributed by atoms with E-state index in [2.05, 4.69) is 0 Å². The number of rotatable bonds is 7. The van der Waals surface area contributed by atoms with E-state index < -0.39 is 34.2 Å². The fourth-order valence-corrected chi connectivity index (χ4v) is 4.66. The van der Waals surface area contributed by atoms with Gasteiger partial charge in [0.15, 0.2) is 4.99 Å². The number of aliphatic carboxylic acids is 1. The molecular formula is C21H22N2O4S. The van der Waals surface area contributed by atoms with Crippen LogP contribution in [-0.2, 0) is 31.8 Å². The summed E-state index contributed by atoms with van der Waals surface area (Å²) in [5, 5.41) is 10.7. The van der Waals surface area contributed by atoms with E-state index in [1.807, 2.05) is 30.3 Å². The minimum Gasteiger partial charge on any atom is -0.480 e. The van der Waals surface area contributed by atoms with E-state index in [4.69, 9.17) is 5.73 Å². The van der Waals surface area contributed by atoms with Crippen LogP contribution in [0.1, 0.15) is 24.0 Å². The van der Waals surface area contributed by atoms with Crippen molar-refractivity contribution in [1.82, 2.24) is 4.90 Å². The molecule has 0 spiro atoms. The first-order chi connectivity index (χ1) is 13.4. The summed E-state index contributed by atoms with van der Waals surface area (Å²) in [4.78, 5) is 23.7. The van der Waals surface area contributed by atoms with Crippen LogP contribution >= 0.6 is 0 Å². The second-order valence-corrected chi connectivity index (χ2v) is 8.08. The summed E-state index contributed by atoms with van der Waals surface area (Å²) in [5.41, 5.74) is 8.30. The van der Waals surface area contributed by atoms with Gasteiger partial charge in [-0.05, 0) is 24.8 Å². The number of carboxylic acids is 1. The number of nitrogens with zero attached hydrogens (tertiary/aromatic N) is 1. The highest BCUT2D eigenvalue weighted by Crippen LogP contribution is 2.34. The fourth-order valence-electron chi connectivity index (χ4n) is 3.27. The summed E-state index contributed by atoms with van der Waals surface area (Å²) in [6.45, 7) is -0.619. The van der Waals surface area contributed by atoms with E-state index >= 15 is 0 Å². The first kappa shape index (κ1) is 20.0. The maximum absolute atomic E-state index is 13.0. The van der Waals surface area contributed by atoms with E-state index in [1.54, 1.807) is 30.3 Å². The first-order valence-corrected chi connectivity index (χ1v) is 10.2. The Kier molecular flexibility index (Phi) is 6.06. The lowest BCUT2D eigenvalue weighted by molar-refractivity contribution is -0.145. The van der Waals surface area contributed by atoms with Crippen LogP contribution in [0.15, 0.2) is 71.6 Å². The zero-order valence-corrected chi connectivity index (χ0v) is 16.1. The van der Waals surface area contributed by atoms with Gasteiger partial charge in [0.25, 0.3) is 5.91 Å². The quantitative estimate of drug-likeness (QED) is 0.746. The van der Waals surface area contributed by atoms with Gasteiger partial charge in [0, 0.05) is 16.5 Å². The summed E-state index contributed by atoms with van der Waals surface area (Å²) in [6, 6.07) is 18.3. The molecule has 0 aliphatic carbocycles. The van der Waals surface area contributed by atoms with Gasteiger partial charge in [0.05, 0.1) is 10.8 Å². The third kappa shape index (κ3) is 4.05. The van der Waals surface area contributed by atoms with Gasteiger partial charge < -0.3 is 5.11 Å². The Bertz CT molecular complexity index is 915. The van der Waals surface area contributed by atoms with E-state index in [0.29, 0.717) is 24.0 Å². The van der Waals surface area contributed by atoms with Crippen LogP contribution in [0.4, 0.5) is 0 Å². The van der Waals surface area contributed by atoms with Crippen LogP contribution in [-0.4, -0.2) is 32.6 Å². The number of hydrogen-bond acceptors (Lipinski definition) is 4. The van der Waals surface area contributed by atoms with Crippen molar-refractivity contribution in [2.24, 2.45) is 5.73 Å². The van der Waals surface area contributed by atoms with Crippen molar-refractivity contribution in [1.29, 1.82) is 0 Å². The number of carboxylic acid groups (broad SMARTS) is 1. The van der Waals surface area contributed by atoms with Crippen LogP contribution in [0.5, 0.6) is 0 Å². The predicted octanol–water partition coefficient (Wildman–Crippen LogP) is 2.34. The number of amides is 1. The van der Waals surface area contributed by atoms with Gasteiger partial charge in [-0.3, -0.25) is 24.4 Å². The van der Waals surface area contributed by atoms with E-state index in [0.717, 1.165) is 16.9 Å². The Morgan fingerprint density at radius 3 is 2.25 bits per heavy atom. The highest BCUT2D eigenvalue weighted by molar-refractivity contribution is 7.89. The molecule has 0 bridgehead atoms. The minimum absolute atomic E-state index is 0.340. The number of benzene rings is 2. The number of carbonyl (C=O) groups is 2. The van der Waals surface area contributed by atoms with Crippen LogP contribution in [0.25, 0.3) is 0 Å². The average molecular weight is 398 g/mol. The summed E-state index contributed by atoms with van der Waals surface area (Å²) in [6.07, 6.45) is 1.85. The van der Waals surface area contributed by atoms with Crippen molar-refractivity contribution in [3.05, 3.63) is 82.8 Å². The monoisotopic (exact) mass is 398 g/mol. The van der Waals surface area contributed by atoms with Gasteiger partial charge in [0.1, 0.15) is 6.54 Å². The van der Waals surface area contributed by atoms with Crippen molar-refractivity contribution < 1.29 is 18.9 Å². The zero-order valence-electron chi connectivity index (χ0n) is 15.3. The van der Waals surface area contributed by atoms with E-state index in [-0.39, 0.29) is 0 Å². The van der Waals surface area contributed by atoms with Crippen molar-refractivity contribution in [3.8, 4) is 0 Å². The Labute approximate surface area is 166 Å². The zero-order chi connectivity index (χ0) is 20.1. The maximum atomic E-state index is 13.0. The summed E-state index contributed by atoms with van der Waals surface area (Å²) >= 11 is 0. The smallest absolute Gasteiger partial charge is 0.323 e. The predicted molar refractivity (Wildman–Crippen MR) is 107 cm³/mol. The van der Waals surface area contributed by atoms with Crippen LogP contribution < -0.4 is 5.73 Å². The molecule has 0 fully saturated rings. The molecule has 0 saturated heterocycles. The highest BCUT2D eigenvalue weighted by atomic mass is 32.2. The minimum atomic E-state index is -1.78. The van der Waals surface area contributed by atoms with Crippen LogP contribution in [0.2, 0.25) is 0 Å². The molecule has 0 radical (unpaired) electrons. The lowest BCUT2D eigenvalue weighted by atomic mass is 10.0. The average Bonchev–Trinajstić information content (AvgIpc) is 2.70. The number of hydrogen-bond donors (Lipinski definition) is 2. The van der Waals surface area contributed by atoms with Crippen molar-refractivity contribution >= 4 is 22.7 Å². The molecule has 2 unspecified atom stereocenters. The molecule has 1 heterocycles. The Morgan fingerprint density at radius 2 is 1.64 bits per heavy atom. The number of carbonyl (C=O) groups excluding carboxylic acids is 1. The van der Waals surface area contributed by atoms with Gasteiger partial charge in [-0.15, -0.1) is 0 Å². The molecule has 6 nitrogen and oxygen atoms in total.